The van der Waals surface area contributed by atoms with Gasteiger partial charge in [-0.05, 0) is 56.4 Å². The topological polar surface area (TPSA) is 59.2 Å². The van der Waals surface area contributed by atoms with E-state index in [1.165, 1.54) is 11.1 Å². The fraction of sp³-hybridized carbons (Fsp3) is 0.381. The van der Waals surface area contributed by atoms with E-state index in [1.807, 2.05) is 0 Å². The summed E-state index contributed by atoms with van der Waals surface area (Å²) in [5.74, 6) is -0.840. The van der Waals surface area contributed by atoms with Crippen LogP contribution < -0.4 is 10.3 Å². The molecule has 1 amide bonds. The second-order valence-corrected chi connectivity index (χ2v) is 7.49. The van der Waals surface area contributed by atoms with Crippen molar-refractivity contribution in [3.05, 3.63) is 59.8 Å². The zero-order valence-corrected chi connectivity index (χ0v) is 16.0. The number of hydrogen-bond donors (Lipinski definition) is 2. The molecule has 1 aliphatic carbocycles. The summed E-state index contributed by atoms with van der Waals surface area (Å²) in [6.07, 6.45) is -0.345. The number of nitrogens with zero attached hydrogens (tertiary/aromatic N) is 2. The average Bonchev–Trinajstić information content (AvgIpc) is 3.31. The quantitative estimate of drug-likeness (QED) is 0.824. The Labute approximate surface area is 166 Å². The number of halogens is 3. The zero-order chi connectivity index (χ0) is 20.6. The lowest BCUT2D eigenvalue weighted by Gasteiger charge is -2.27. The first-order valence-corrected chi connectivity index (χ1v) is 9.64. The molecule has 1 fully saturated rings. The third kappa shape index (κ3) is 3.26. The Morgan fingerprint density at radius 2 is 1.83 bits per heavy atom. The van der Waals surface area contributed by atoms with Gasteiger partial charge >= 0.3 is 17.7 Å². The Morgan fingerprint density at radius 3 is 2.45 bits per heavy atom. The number of amidine groups is 1. The Bertz CT molecular complexity index is 938. The van der Waals surface area contributed by atoms with E-state index in [4.69, 9.17) is 0 Å². The van der Waals surface area contributed by atoms with Gasteiger partial charge in [0.25, 0.3) is 5.84 Å². The van der Waals surface area contributed by atoms with Crippen molar-refractivity contribution in [2.24, 2.45) is 0 Å². The number of aromatic nitrogens is 1. The molecular weight excluding hydrogens is 381 g/mol. The van der Waals surface area contributed by atoms with Gasteiger partial charge in [0, 0.05) is 6.20 Å². The molecule has 2 N–H and O–H groups in total. The van der Waals surface area contributed by atoms with Gasteiger partial charge in [-0.25, -0.2) is 14.8 Å². The first kappa shape index (κ1) is 19.4. The number of anilines is 1. The number of alkyl halides is 3. The summed E-state index contributed by atoms with van der Waals surface area (Å²) < 4.78 is 43.3. The number of amides is 1. The fourth-order valence-electron chi connectivity index (χ4n) is 4.03. The van der Waals surface area contributed by atoms with Crippen LogP contribution in [-0.4, -0.2) is 39.5 Å². The highest BCUT2D eigenvalue weighted by atomic mass is 19.4. The van der Waals surface area contributed by atoms with Crippen LogP contribution in [0, 0.1) is 6.92 Å². The van der Waals surface area contributed by atoms with E-state index in [0.717, 1.165) is 12.8 Å². The first-order valence-electron chi connectivity index (χ1n) is 9.64. The second kappa shape index (κ2) is 7.17. The lowest BCUT2D eigenvalue weighted by atomic mass is 10.1. The highest BCUT2D eigenvalue weighted by molar-refractivity contribution is 6.11. The van der Waals surface area contributed by atoms with Crippen LogP contribution in [0.15, 0.2) is 48.7 Å². The van der Waals surface area contributed by atoms with Crippen molar-refractivity contribution >= 4 is 17.6 Å². The molecule has 0 unspecified atom stereocenters. The maximum atomic E-state index is 14.4. The minimum Gasteiger partial charge on any atom is -0.312 e. The van der Waals surface area contributed by atoms with E-state index >= 15 is 0 Å². The summed E-state index contributed by atoms with van der Waals surface area (Å²) in [5, 5.41) is 2.41. The predicted octanol–water partition coefficient (Wildman–Crippen LogP) is 2.37. The lowest BCUT2D eigenvalue weighted by molar-refractivity contribution is -0.566. The van der Waals surface area contributed by atoms with Gasteiger partial charge in [0.1, 0.15) is 11.9 Å². The summed E-state index contributed by atoms with van der Waals surface area (Å²) in [6, 6.07) is 11.7. The monoisotopic (exact) mass is 403 g/mol. The maximum Gasteiger partial charge on any atom is 0.465 e. The minimum atomic E-state index is -4.89. The number of carbonyl (C=O) groups is 1. The summed E-state index contributed by atoms with van der Waals surface area (Å²) in [6.45, 7) is 1.65. The van der Waals surface area contributed by atoms with Crippen molar-refractivity contribution in [1.82, 2.24) is 9.88 Å². The molecule has 5 nitrogen and oxygen atoms in total. The number of aryl methyl sites for hydroxylation is 1. The molecule has 0 radical (unpaired) electrons. The molecule has 1 atom stereocenters. The molecule has 1 aromatic carbocycles. The minimum absolute atomic E-state index is 0.0198. The first-order chi connectivity index (χ1) is 13.8. The molecule has 1 aliphatic heterocycles. The van der Waals surface area contributed by atoms with Crippen LogP contribution in [0.3, 0.4) is 0 Å². The smallest absolute Gasteiger partial charge is 0.312 e. The van der Waals surface area contributed by atoms with Crippen LogP contribution in [0.1, 0.15) is 36.8 Å². The molecule has 8 heteroatoms. The van der Waals surface area contributed by atoms with Crippen LogP contribution in [-0.2, 0) is 4.79 Å². The van der Waals surface area contributed by atoms with E-state index in [1.54, 1.807) is 49.4 Å². The van der Waals surface area contributed by atoms with Crippen molar-refractivity contribution < 1.29 is 23.0 Å². The number of pyridine rings is 1. The van der Waals surface area contributed by atoms with E-state index in [-0.39, 0.29) is 17.7 Å². The third-order valence-corrected chi connectivity index (χ3v) is 5.56. The molecule has 2 aliphatic rings. The van der Waals surface area contributed by atoms with Gasteiger partial charge in [-0.2, -0.15) is 18.1 Å². The number of carbonyl (C=O) groups excluding carboxylic acids is 1. The molecule has 1 aromatic heterocycles. The fourth-order valence-corrected chi connectivity index (χ4v) is 4.03. The van der Waals surface area contributed by atoms with Gasteiger partial charge in [-0.15, -0.1) is 0 Å². The molecule has 4 rings (SSSR count). The summed E-state index contributed by atoms with van der Waals surface area (Å²) in [4.78, 5) is 21.3. The summed E-state index contributed by atoms with van der Waals surface area (Å²) in [5.41, 5.74) is -1.91. The number of hydrogen-bond acceptors (Lipinski definition) is 3. The average molecular weight is 403 g/mol. The van der Waals surface area contributed by atoms with Gasteiger partial charge in [-0.3, -0.25) is 0 Å². The molecule has 1 saturated carbocycles. The van der Waals surface area contributed by atoms with E-state index in [0.29, 0.717) is 24.0 Å². The normalized spacial score (nSPS) is 22.8. The van der Waals surface area contributed by atoms with Gasteiger partial charge in [0.15, 0.2) is 0 Å². The highest BCUT2D eigenvalue weighted by Crippen LogP contribution is 2.35. The van der Waals surface area contributed by atoms with E-state index in [2.05, 4.69) is 15.3 Å². The molecule has 2 heterocycles. The van der Waals surface area contributed by atoms with Crippen LogP contribution in [0.2, 0.25) is 0 Å². The van der Waals surface area contributed by atoms with E-state index < -0.39 is 17.7 Å². The van der Waals surface area contributed by atoms with Crippen LogP contribution >= 0.6 is 0 Å². The van der Waals surface area contributed by atoms with Gasteiger partial charge in [0.05, 0.1) is 5.56 Å². The highest BCUT2D eigenvalue weighted by Gasteiger charge is 2.72. The Balaban J connectivity index is 1.87. The van der Waals surface area contributed by atoms with E-state index in [9.17, 15) is 18.0 Å². The molecule has 152 valence electrons. The molecule has 0 saturated heterocycles. The van der Waals surface area contributed by atoms with Crippen molar-refractivity contribution in [3.8, 4) is 0 Å². The Kier molecular flexibility index (Phi) is 4.80. The van der Waals surface area contributed by atoms with Crippen molar-refractivity contribution in [1.29, 1.82) is 0 Å². The summed E-state index contributed by atoms with van der Waals surface area (Å²) >= 11 is 0. The van der Waals surface area contributed by atoms with Crippen LogP contribution in [0.4, 0.5) is 19.0 Å². The van der Waals surface area contributed by atoms with Gasteiger partial charge < -0.3 is 5.32 Å². The summed E-state index contributed by atoms with van der Waals surface area (Å²) in [7, 11) is 0. The van der Waals surface area contributed by atoms with Crippen molar-refractivity contribution in [3.63, 3.8) is 0 Å². The van der Waals surface area contributed by atoms with Crippen LogP contribution in [0.5, 0.6) is 0 Å². The van der Waals surface area contributed by atoms with Gasteiger partial charge in [-0.1, -0.05) is 24.3 Å². The second-order valence-electron chi connectivity index (χ2n) is 7.49. The number of rotatable bonds is 4. The van der Waals surface area contributed by atoms with Gasteiger partial charge in [0.2, 0.25) is 0 Å². The number of benzene rings is 1. The predicted molar refractivity (Wildman–Crippen MR) is 102 cm³/mol. The molecular formula is C21H22F3N4O+. The number of nitrogens with one attached hydrogen (secondary N) is 2. The Hall–Kier alpha value is -2.90. The lowest BCUT2D eigenvalue weighted by Crippen LogP contribution is -2.94. The molecule has 29 heavy (non-hydrogen) atoms. The SMILES string of the molecule is Cc1cccnc1N[C@@]1(C(F)(F)F)[NH+]=C(c2ccccc2)N(C2CCCC2)C1=O. The standard InChI is InChI=1S/C21H21F3N4O/c1-14-8-7-13-25-17(14)26-20(21(22,23)24)19(29)28(16-11-5-6-12-16)18(27-20)15-9-3-2-4-10-15/h2-4,7-10,13,16H,5-6,11-12H2,1H3,(H,25,26)/p+1/t20-/m1/s1. The largest absolute Gasteiger partial charge is 0.465 e. The molecule has 2 aromatic rings. The Morgan fingerprint density at radius 1 is 1.14 bits per heavy atom. The zero-order valence-electron chi connectivity index (χ0n) is 16.0. The third-order valence-electron chi connectivity index (χ3n) is 5.56. The van der Waals surface area contributed by atoms with Crippen molar-refractivity contribution in [2.75, 3.05) is 5.32 Å². The van der Waals surface area contributed by atoms with Crippen molar-refractivity contribution in [2.45, 2.75) is 50.5 Å². The molecule has 0 bridgehead atoms. The molecule has 0 spiro atoms. The van der Waals surface area contributed by atoms with Crippen LogP contribution in [0.25, 0.3) is 0 Å². The maximum absolute atomic E-state index is 14.4.